The largest absolute Gasteiger partial charge is 0.326 e. The van der Waals surface area contributed by atoms with Gasteiger partial charge in [-0.1, -0.05) is 0 Å². The highest BCUT2D eigenvalue weighted by molar-refractivity contribution is 7.94. The fourth-order valence-electron chi connectivity index (χ4n) is 1.40. The summed E-state index contributed by atoms with van der Waals surface area (Å²) in [6.07, 6.45) is 0. The summed E-state index contributed by atoms with van der Waals surface area (Å²) in [5.41, 5.74) is 5.30. The van der Waals surface area contributed by atoms with Crippen LogP contribution in [0.4, 0.5) is 18.9 Å². The molecule has 4 nitrogen and oxygen atoms in total. The maximum atomic E-state index is 13.4. The van der Waals surface area contributed by atoms with Crippen molar-refractivity contribution in [1.29, 1.82) is 0 Å². The Morgan fingerprint density at radius 2 is 1.75 bits per heavy atom. The fraction of sp³-hybridized carbons (Fsp3) is 0.0909. The Labute approximate surface area is 117 Å². The van der Waals surface area contributed by atoms with Gasteiger partial charge in [0, 0.05) is 18.7 Å². The molecule has 108 valence electrons. The number of rotatable bonds is 4. The number of nitrogens with two attached hydrogens (primary N) is 1. The van der Waals surface area contributed by atoms with Crippen molar-refractivity contribution in [3.63, 3.8) is 0 Å². The minimum absolute atomic E-state index is 0.0953. The molecule has 20 heavy (non-hydrogen) atoms. The van der Waals surface area contributed by atoms with E-state index in [0.29, 0.717) is 11.6 Å². The number of thiophene rings is 1. The van der Waals surface area contributed by atoms with Gasteiger partial charge in [-0.2, -0.15) is 0 Å². The van der Waals surface area contributed by atoms with Gasteiger partial charge in [-0.15, -0.1) is 11.3 Å². The molecule has 0 fully saturated rings. The number of halogens is 3. The summed E-state index contributed by atoms with van der Waals surface area (Å²) >= 11 is 0.893. The Morgan fingerprint density at radius 3 is 2.35 bits per heavy atom. The molecule has 0 atom stereocenters. The first kappa shape index (κ1) is 14.8. The predicted octanol–water partition coefficient (Wildman–Crippen LogP) is 2.42. The van der Waals surface area contributed by atoms with Gasteiger partial charge < -0.3 is 5.73 Å². The molecule has 9 heteroatoms. The molecule has 0 aliphatic rings. The van der Waals surface area contributed by atoms with E-state index in [4.69, 9.17) is 5.73 Å². The summed E-state index contributed by atoms with van der Waals surface area (Å²) in [7, 11) is -4.07. The van der Waals surface area contributed by atoms with Gasteiger partial charge in [-0.3, -0.25) is 4.72 Å². The maximum absolute atomic E-state index is 13.4. The predicted molar refractivity (Wildman–Crippen MR) is 69.3 cm³/mol. The van der Waals surface area contributed by atoms with Crippen molar-refractivity contribution in [2.75, 3.05) is 4.72 Å². The van der Waals surface area contributed by atoms with Crippen LogP contribution in [0.25, 0.3) is 0 Å². The molecule has 1 heterocycles. The van der Waals surface area contributed by atoms with E-state index in [9.17, 15) is 21.6 Å². The zero-order valence-electron chi connectivity index (χ0n) is 9.86. The van der Waals surface area contributed by atoms with Crippen molar-refractivity contribution < 1.29 is 21.6 Å². The number of benzene rings is 1. The second-order valence-corrected chi connectivity index (χ2v) is 6.65. The lowest BCUT2D eigenvalue weighted by atomic mass is 10.3. The maximum Gasteiger partial charge on any atom is 0.271 e. The molecule has 0 saturated heterocycles. The third-order valence-corrected chi connectivity index (χ3v) is 5.24. The summed E-state index contributed by atoms with van der Waals surface area (Å²) in [5, 5.41) is 1.54. The van der Waals surface area contributed by atoms with Crippen LogP contribution in [0.3, 0.4) is 0 Å². The van der Waals surface area contributed by atoms with E-state index in [0.717, 1.165) is 11.3 Å². The van der Waals surface area contributed by atoms with Crippen molar-refractivity contribution in [3.8, 4) is 0 Å². The van der Waals surface area contributed by atoms with Crippen molar-refractivity contribution in [1.82, 2.24) is 0 Å². The van der Waals surface area contributed by atoms with E-state index in [-0.39, 0.29) is 16.8 Å². The zero-order chi connectivity index (χ0) is 14.9. The summed E-state index contributed by atoms with van der Waals surface area (Å²) in [6, 6.07) is 2.04. The Kier molecular flexibility index (Phi) is 4.02. The van der Waals surface area contributed by atoms with Gasteiger partial charge in [0.2, 0.25) is 0 Å². The van der Waals surface area contributed by atoms with E-state index in [1.165, 1.54) is 11.4 Å². The molecule has 0 spiro atoms. The number of anilines is 1. The highest BCUT2D eigenvalue weighted by Gasteiger charge is 2.20. The standard InChI is InChI=1S/C11H9F3N2O2S2/c12-7-2-9(14)10(3-8(7)13)16-20(17,18)11-1-6(4-15)5-19-11/h1-3,5,16H,4,15H2. The number of hydrogen-bond acceptors (Lipinski definition) is 4. The molecular formula is C11H9F3N2O2S2. The smallest absolute Gasteiger partial charge is 0.271 e. The van der Waals surface area contributed by atoms with Crippen LogP contribution < -0.4 is 10.5 Å². The zero-order valence-corrected chi connectivity index (χ0v) is 11.5. The minimum atomic E-state index is -4.07. The van der Waals surface area contributed by atoms with Crippen LogP contribution in [-0.4, -0.2) is 8.42 Å². The van der Waals surface area contributed by atoms with Gasteiger partial charge in [0.15, 0.2) is 11.6 Å². The average molecular weight is 322 g/mol. The van der Waals surface area contributed by atoms with E-state index >= 15 is 0 Å². The van der Waals surface area contributed by atoms with Gasteiger partial charge >= 0.3 is 0 Å². The topological polar surface area (TPSA) is 72.2 Å². The number of nitrogens with one attached hydrogen (secondary N) is 1. The summed E-state index contributed by atoms with van der Waals surface area (Å²) < 4.78 is 64.8. The molecule has 0 amide bonds. The first-order chi connectivity index (χ1) is 9.33. The van der Waals surface area contributed by atoms with E-state index in [1.807, 2.05) is 4.72 Å². The van der Waals surface area contributed by atoms with Crippen molar-refractivity contribution in [2.45, 2.75) is 10.8 Å². The third kappa shape index (κ3) is 2.94. The van der Waals surface area contributed by atoms with Gasteiger partial charge in [0.05, 0.1) is 5.69 Å². The van der Waals surface area contributed by atoms with E-state index in [1.54, 1.807) is 0 Å². The molecule has 2 aromatic rings. The van der Waals surface area contributed by atoms with Crippen LogP contribution in [0, 0.1) is 17.5 Å². The first-order valence-electron chi connectivity index (χ1n) is 5.28. The Morgan fingerprint density at radius 1 is 1.10 bits per heavy atom. The van der Waals surface area contributed by atoms with Gasteiger partial charge in [-0.25, -0.2) is 21.6 Å². The second-order valence-electron chi connectivity index (χ2n) is 3.83. The van der Waals surface area contributed by atoms with Gasteiger partial charge in [0.1, 0.15) is 10.0 Å². The van der Waals surface area contributed by atoms with Gasteiger partial charge in [0.25, 0.3) is 10.0 Å². The molecule has 1 aromatic heterocycles. The van der Waals surface area contributed by atoms with Crippen LogP contribution >= 0.6 is 11.3 Å². The SMILES string of the molecule is NCc1csc(S(=O)(=O)Nc2cc(F)c(F)cc2F)c1. The first-order valence-corrected chi connectivity index (χ1v) is 7.64. The minimum Gasteiger partial charge on any atom is -0.326 e. The molecular weight excluding hydrogens is 313 g/mol. The van der Waals surface area contributed by atoms with Crippen LogP contribution in [0.1, 0.15) is 5.56 Å². The van der Waals surface area contributed by atoms with Crippen LogP contribution in [0.5, 0.6) is 0 Å². The van der Waals surface area contributed by atoms with Gasteiger partial charge in [-0.05, 0) is 17.0 Å². The molecule has 0 saturated carbocycles. The monoisotopic (exact) mass is 322 g/mol. The molecule has 0 aliphatic heterocycles. The molecule has 0 unspecified atom stereocenters. The van der Waals surface area contributed by atoms with Crippen molar-refractivity contribution in [2.24, 2.45) is 5.73 Å². The quantitative estimate of drug-likeness (QED) is 0.849. The lowest BCUT2D eigenvalue weighted by molar-refractivity contribution is 0.496. The summed E-state index contributed by atoms with van der Waals surface area (Å²) in [6.45, 7) is 0.158. The normalized spacial score (nSPS) is 11.6. The lowest BCUT2D eigenvalue weighted by Crippen LogP contribution is -2.13. The molecule has 0 bridgehead atoms. The van der Waals surface area contributed by atoms with Crippen LogP contribution in [0.15, 0.2) is 27.8 Å². The summed E-state index contributed by atoms with van der Waals surface area (Å²) in [5.74, 6) is -3.95. The van der Waals surface area contributed by atoms with Crippen LogP contribution in [-0.2, 0) is 16.6 Å². The Balaban J connectivity index is 2.35. The van der Waals surface area contributed by atoms with Crippen molar-refractivity contribution in [3.05, 3.63) is 46.6 Å². The molecule has 0 radical (unpaired) electrons. The second kappa shape index (κ2) is 5.43. The van der Waals surface area contributed by atoms with E-state index in [2.05, 4.69) is 0 Å². The van der Waals surface area contributed by atoms with Crippen LogP contribution in [0.2, 0.25) is 0 Å². The summed E-state index contributed by atoms with van der Waals surface area (Å²) in [4.78, 5) is 0. The molecule has 3 N–H and O–H groups in total. The fourth-order valence-corrected chi connectivity index (χ4v) is 3.68. The molecule has 2 rings (SSSR count). The Bertz CT molecular complexity index is 744. The molecule has 1 aromatic carbocycles. The number of sulfonamides is 1. The average Bonchev–Trinajstić information content (AvgIpc) is 2.85. The third-order valence-electron chi connectivity index (χ3n) is 2.38. The highest BCUT2D eigenvalue weighted by Crippen LogP contribution is 2.25. The molecule has 0 aliphatic carbocycles. The number of hydrogen-bond donors (Lipinski definition) is 2. The highest BCUT2D eigenvalue weighted by atomic mass is 32.2. The van der Waals surface area contributed by atoms with Crippen molar-refractivity contribution >= 4 is 27.0 Å². The van der Waals surface area contributed by atoms with E-state index < -0.39 is 33.2 Å². The Hall–Kier alpha value is -1.58. The lowest BCUT2D eigenvalue weighted by Gasteiger charge is -2.07.